The zero-order valence-electron chi connectivity index (χ0n) is 23.1. The van der Waals surface area contributed by atoms with Crippen molar-refractivity contribution in [2.75, 3.05) is 0 Å². The molecule has 5 aromatic rings. The highest BCUT2D eigenvalue weighted by molar-refractivity contribution is 5.85. The molecule has 0 amide bonds. The number of halogens is 1. The van der Waals surface area contributed by atoms with Crippen LogP contribution in [0, 0.1) is 13.8 Å². The van der Waals surface area contributed by atoms with Crippen molar-refractivity contribution >= 4 is 12.4 Å². The second kappa shape index (κ2) is 12.3. The fraction of sp³-hybridized carbons (Fsp3) is 0.300. The van der Waals surface area contributed by atoms with Gasteiger partial charge in [0.1, 0.15) is 5.82 Å². The van der Waals surface area contributed by atoms with Gasteiger partial charge in [-0.3, -0.25) is 23.6 Å². The minimum absolute atomic E-state index is 0. The van der Waals surface area contributed by atoms with Gasteiger partial charge in [-0.2, -0.15) is 5.10 Å². The zero-order chi connectivity index (χ0) is 27.5. The Morgan fingerprint density at radius 3 is 2.35 bits per heavy atom. The van der Waals surface area contributed by atoms with Crippen molar-refractivity contribution in [1.82, 2.24) is 29.5 Å². The van der Waals surface area contributed by atoms with Crippen LogP contribution in [0.5, 0.6) is 0 Å². The van der Waals surface area contributed by atoms with E-state index in [1.165, 1.54) is 0 Å². The quantitative estimate of drug-likeness (QED) is 0.271. The van der Waals surface area contributed by atoms with E-state index in [4.69, 9.17) is 9.51 Å². The van der Waals surface area contributed by atoms with Gasteiger partial charge < -0.3 is 0 Å². The maximum atomic E-state index is 13.8. The predicted octanol–water partition coefficient (Wildman–Crippen LogP) is 5.01. The number of hydrogen-bond donors (Lipinski definition) is 1. The molecule has 0 aliphatic heterocycles. The van der Waals surface area contributed by atoms with E-state index in [2.05, 4.69) is 22.2 Å². The van der Waals surface area contributed by atoms with Crippen molar-refractivity contribution in [2.24, 2.45) is 7.05 Å². The predicted molar refractivity (Wildman–Crippen MR) is 157 cm³/mol. The molecule has 0 bridgehead atoms. The van der Waals surface area contributed by atoms with Gasteiger partial charge in [-0.1, -0.05) is 67.0 Å². The molecule has 0 aliphatic rings. The van der Waals surface area contributed by atoms with Crippen molar-refractivity contribution in [2.45, 2.75) is 53.0 Å². The summed E-state index contributed by atoms with van der Waals surface area (Å²) in [6.07, 6.45) is 3.27. The summed E-state index contributed by atoms with van der Waals surface area (Å²) in [4.78, 5) is 32.8. The smallest absolute Gasteiger partial charge is 0.296 e. The minimum atomic E-state index is -0.593. The number of hydrogen-bond acceptors (Lipinski definition) is 6. The molecule has 0 saturated heterocycles. The van der Waals surface area contributed by atoms with Crippen LogP contribution in [0.2, 0.25) is 0 Å². The zero-order valence-corrected chi connectivity index (χ0v) is 23.9. The Morgan fingerprint density at radius 2 is 1.73 bits per heavy atom. The Kier molecular flexibility index (Phi) is 8.84. The van der Waals surface area contributed by atoms with E-state index in [0.717, 1.165) is 64.2 Å². The van der Waals surface area contributed by atoms with E-state index in [1.54, 1.807) is 4.57 Å². The number of nitrogens with one attached hydrogen (secondary N) is 1. The van der Waals surface area contributed by atoms with Crippen LogP contribution in [0.1, 0.15) is 53.8 Å². The summed E-state index contributed by atoms with van der Waals surface area (Å²) in [6, 6.07) is 17.8. The number of aromatic amines is 1. The molecule has 40 heavy (non-hydrogen) atoms. The minimum Gasteiger partial charge on any atom is -0.296 e. The first-order valence-electron chi connectivity index (χ1n) is 13.2. The number of unbranched alkanes of at least 4 members (excludes halogenated alkanes) is 1. The van der Waals surface area contributed by atoms with Gasteiger partial charge in [-0.15, -0.1) is 12.4 Å². The summed E-state index contributed by atoms with van der Waals surface area (Å²) >= 11 is 0. The van der Waals surface area contributed by atoms with Crippen LogP contribution in [0.25, 0.3) is 22.5 Å². The summed E-state index contributed by atoms with van der Waals surface area (Å²) in [5.74, 6) is 0.496. The molecule has 0 saturated carbocycles. The summed E-state index contributed by atoms with van der Waals surface area (Å²) in [5, 5.41) is 8.39. The molecular formula is C30H33ClN6O3. The van der Waals surface area contributed by atoms with Gasteiger partial charge in [-0.25, -0.2) is 9.78 Å². The third-order valence-electron chi connectivity index (χ3n) is 7.06. The van der Waals surface area contributed by atoms with Crippen LogP contribution >= 0.6 is 12.4 Å². The molecule has 0 unspecified atom stereocenters. The van der Waals surface area contributed by atoms with E-state index in [1.807, 2.05) is 80.2 Å². The number of benzene rings is 2. The van der Waals surface area contributed by atoms with Gasteiger partial charge in [-0.05, 0) is 49.4 Å². The molecule has 0 radical (unpaired) electrons. The van der Waals surface area contributed by atoms with Crippen LogP contribution in [0.4, 0.5) is 0 Å². The van der Waals surface area contributed by atoms with Gasteiger partial charge in [0.25, 0.3) is 5.56 Å². The SMILES string of the molecule is CCCCc1nc(C)n(Cc2cc(C)n(C)n2)c(=O)c1Cc1ccc(-c2ccccc2-c2noc(=O)[nH]2)cc1.Cl. The summed E-state index contributed by atoms with van der Waals surface area (Å²) < 4.78 is 8.26. The van der Waals surface area contributed by atoms with E-state index >= 15 is 0 Å². The molecule has 0 fully saturated rings. The van der Waals surface area contributed by atoms with Gasteiger partial charge in [0.15, 0.2) is 5.82 Å². The highest BCUT2D eigenvalue weighted by atomic mass is 35.5. The molecule has 5 rings (SSSR count). The number of aryl methyl sites for hydroxylation is 4. The Hall–Kier alpha value is -4.24. The number of nitrogens with zero attached hydrogens (tertiary/aromatic N) is 5. The summed E-state index contributed by atoms with van der Waals surface area (Å²) in [7, 11) is 1.90. The second-order valence-electron chi connectivity index (χ2n) is 9.84. The van der Waals surface area contributed by atoms with Crippen molar-refractivity contribution in [3.05, 3.63) is 110 Å². The lowest BCUT2D eigenvalue weighted by Crippen LogP contribution is -2.30. The van der Waals surface area contributed by atoms with Crippen LogP contribution in [0.3, 0.4) is 0 Å². The highest BCUT2D eigenvalue weighted by Gasteiger charge is 2.17. The van der Waals surface area contributed by atoms with Crippen molar-refractivity contribution in [3.63, 3.8) is 0 Å². The number of aromatic nitrogens is 6. The molecule has 10 heteroatoms. The number of rotatable bonds is 9. The van der Waals surface area contributed by atoms with Crippen molar-refractivity contribution < 1.29 is 4.52 Å². The third kappa shape index (κ3) is 5.99. The van der Waals surface area contributed by atoms with Gasteiger partial charge in [0, 0.05) is 30.3 Å². The average molecular weight is 561 g/mol. The van der Waals surface area contributed by atoms with E-state index in [9.17, 15) is 9.59 Å². The van der Waals surface area contributed by atoms with Gasteiger partial charge in [0.2, 0.25) is 0 Å². The molecular weight excluding hydrogens is 528 g/mol. The van der Waals surface area contributed by atoms with Crippen LogP contribution in [-0.4, -0.2) is 29.5 Å². The first-order valence-corrected chi connectivity index (χ1v) is 13.2. The lowest BCUT2D eigenvalue weighted by atomic mass is 9.96. The first kappa shape index (κ1) is 28.8. The Balaban J connectivity index is 0.00000370. The molecule has 1 N–H and O–H groups in total. The van der Waals surface area contributed by atoms with Crippen LogP contribution < -0.4 is 11.3 Å². The Labute approximate surface area is 238 Å². The lowest BCUT2D eigenvalue weighted by molar-refractivity contribution is 0.388. The maximum absolute atomic E-state index is 13.8. The highest BCUT2D eigenvalue weighted by Crippen LogP contribution is 2.30. The van der Waals surface area contributed by atoms with Gasteiger partial charge in [0.05, 0.1) is 17.9 Å². The molecule has 0 aliphatic carbocycles. The summed E-state index contributed by atoms with van der Waals surface area (Å²) in [6.45, 7) is 6.42. The van der Waals surface area contributed by atoms with E-state index in [0.29, 0.717) is 24.6 Å². The lowest BCUT2D eigenvalue weighted by Gasteiger charge is -2.15. The largest absolute Gasteiger partial charge is 0.439 e. The molecule has 9 nitrogen and oxygen atoms in total. The maximum Gasteiger partial charge on any atom is 0.439 e. The van der Waals surface area contributed by atoms with Crippen molar-refractivity contribution in [1.29, 1.82) is 0 Å². The summed E-state index contributed by atoms with van der Waals surface area (Å²) in [5.41, 5.74) is 7.15. The van der Waals surface area contributed by atoms with E-state index < -0.39 is 5.76 Å². The average Bonchev–Trinajstić information content (AvgIpc) is 3.51. The molecule has 3 aromatic heterocycles. The normalized spacial score (nSPS) is 11.0. The second-order valence-corrected chi connectivity index (χ2v) is 9.84. The topological polar surface area (TPSA) is 112 Å². The van der Waals surface area contributed by atoms with Crippen molar-refractivity contribution in [3.8, 4) is 22.5 Å². The third-order valence-corrected chi connectivity index (χ3v) is 7.06. The fourth-order valence-electron chi connectivity index (χ4n) is 4.84. The standard InChI is InChI=1S/C30H32N6O3.ClH/c1-5-6-11-27-26(29(37)36(20(3)31-27)18-23-16-19(2)35(4)33-23)17-21-12-14-22(15-13-21)24-9-7-8-10-25(24)28-32-30(38)39-34-28;/h7-10,12-16H,5-6,11,17-18H2,1-4H3,(H,32,34,38);1H. The van der Waals surface area contributed by atoms with Crippen LogP contribution in [-0.2, 0) is 26.4 Å². The first-order chi connectivity index (χ1) is 18.8. The molecule has 3 heterocycles. The molecule has 2 aromatic carbocycles. The molecule has 208 valence electrons. The monoisotopic (exact) mass is 560 g/mol. The fourth-order valence-corrected chi connectivity index (χ4v) is 4.84. The van der Waals surface area contributed by atoms with Gasteiger partial charge >= 0.3 is 5.76 Å². The number of H-pyrrole nitrogens is 1. The van der Waals surface area contributed by atoms with E-state index in [-0.39, 0.29) is 18.0 Å². The Bertz CT molecular complexity index is 1710. The van der Waals surface area contributed by atoms with Crippen LogP contribution in [0.15, 0.2) is 68.7 Å². The molecule has 0 atom stereocenters. The Morgan fingerprint density at radius 1 is 1.00 bits per heavy atom. The molecule has 0 spiro atoms.